The standard InChI is InChI=1S/C16H17BrFN3/c1-21-10-12-7-13(17)5-4-11(12)8-14(21)9-20-16-15(18)3-2-6-19-16/h2-7,14H,8-10H2,1H3,(H,19,20). The highest BCUT2D eigenvalue weighted by molar-refractivity contribution is 9.10. The van der Waals surface area contributed by atoms with Gasteiger partial charge >= 0.3 is 0 Å². The topological polar surface area (TPSA) is 28.2 Å². The van der Waals surface area contributed by atoms with Crippen molar-refractivity contribution in [2.24, 2.45) is 0 Å². The second kappa shape index (κ2) is 6.12. The van der Waals surface area contributed by atoms with E-state index in [1.807, 2.05) is 0 Å². The molecule has 1 aliphatic rings. The monoisotopic (exact) mass is 349 g/mol. The van der Waals surface area contributed by atoms with Crippen LogP contribution in [0.2, 0.25) is 0 Å². The van der Waals surface area contributed by atoms with E-state index < -0.39 is 0 Å². The number of rotatable bonds is 3. The van der Waals surface area contributed by atoms with E-state index in [1.54, 1.807) is 12.3 Å². The van der Waals surface area contributed by atoms with Gasteiger partial charge in [0.1, 0.15) is 0 Å². The van der Waals surface area contributed by atoms with Gasteiger partial charge in [0.25, 0.3) is 0 Å². The summed E-state index contributed by atoms with van der Waals surface area (Å²) in [6.07, 6.45) is 2.56. The lowest BCUT2D eigenvalue weighted by Gasteiger charge is -2.34. The summed E-state index contributed by atoms with van der Waals surface area (Å²) in [5, 5.41) is 3.12. The molecular weight excluding hydrogens is 333 g/mol. The van der Waals surface area contributed by atoms with Crippen LogP contribution in [0.5, 0.6) is 0 Å². The van der Waals surface area contributed by atoms with E-state index in [0.717, 1.165) is 17.4 Å². The van der Waals surface area contributed by atoms with Crippen molar-refractivity contribution in [1.82, 2.24) is 9.88 Å². The lowest BCUT2D eigenvalue weighted by atomic mass is 9.94. The van der Waals surface area contributed by atoms with Crippen molar-refractivity contribution >= 4 is 21.7 Å². The van der Waals surface area contributed by atoms with Crippen LogP contribution in [0.4, 0.5) is 10.2 Å². The third-order valence-electron chi connectivity index (χ3n) is 3.93. The van der Waals surface area contributed by atoms with E-state index in [1.165, 1.54) is 17.2 Å². The minimum absolute atomic E-state index is 0.305. The molecular formula is C16H17BrFN3. The number of nitrogens with one attached hydrogen (secondary N) is 1. The van der Waals surface area contributed by atoms with E-state index in [2.05, 4.69) is 56.4 Å². The van der Waals surface area contributed by atoms with E-state index in [4.69, 9.17) is 0 Å². The molecule has 0 fully saturated rings. The van der Waals surface area contributed by atoms with E-state index >= 15 is 0 Å². The zero-order valence-electron chi connectivity index (χ0n) is 11.8. The Morgan fingerprint density at radius 2 is 2.24 bits per heavy atom. The van der Waals surface area contributed by atoms with Gasteiger partial charge in [0, 0.05) is 29.8 Å². The first-order valence-electron chi connectivity index (χ1n) is 6.95. The van der Waals surface area contributed by atoms with Gasteiger partial charge < -0.3 is 5.32 Å². The van der Waals surface area contributed by atoms with Crippen molar-refractivity contribution in [1.29, 1.82) is 0 Å². The first kappa shape index (κ1) is 14.5. The van der Waals surface area contributed by atoms with Crippen LogP contribution in [0.25, 0.3) is 0 Å². The first-order chi connectivity index (χ1) is 10.1. The fraction of sp³-hybridized carbons (Fsp3) is 0.312. The Balaban J connectivity index is 1.70. The van der Waals surface area contributed by atoms with Gasteiger partial charge in [-0.1, -0.05) is 22.0 Å². The summed E-state index contributed by atoms with van der Waals surface area (Å²) in [5.74, 6) is 0.0211. The van der Waals surface area contributed by atoms with Gasteiger partial charge in [-0.25, -0.2) is 9.37 Å². The second-order valence-electron chi connectivity index (χ2n) is 5.40. The maximum absolute atomic E-state index is 13.6. The summed E-state index contributed by atoms with van der Waals surface area (Å²) in [6, 6.07) is 9.77. The molecule has 0 saturated heterocycles. The quantitative estimate of drug-likeness (QED) is 0.919. The molecule has 1 atom stereocenters. The Hall–Kier alpha value is -1.46. The molecule has 1 aliphatic heterocycles. The Bertz CT molecular complexity index is 647. The summed E-state index contributed by atoms with van der Waals surface area (Å²) in [7, 11) is 2.10. The zero-order valence-corrected chi connectivity index (χ0v) is 13.4. The Labute approximate surface area is 132 Å². The highest BCUT2D eigenvalue weighted by Gasteiger charge is 2.23. The Kier molecular flexibility index (Phi) is 4.22. The third kappa shape index (κ3) is 3.24. The van der Waals surface area contributed by atoms with Gasteiger partial charge in [-0.05, 0) is 48.9 Å². The number of likely N-dealkylation sites (N-methyl/N-ethyl adjacent to an activating group) is 1. The van der Waals surface area contributed by atoms with Gasteiger partial charge in [-0.2, -0.15) is 0 Å². The van der Waals surface area contributed by atoms with Crippen molar-refractivity contribution in [3.05, 3.63) is 57.9 Å². The van der Waals surface area contributed by atoms with E-state index in [0.29, 0.717) is 18.4 Å². The maximum Gasteiger partial charge on any atom is 0.165 e. The van der Waals surface area contributed by atoms with Crippen molar-refractivity contribution in [2.75, 3.05) is 18.9 Å². The fourth-order valence-electron chi connectivity index (χ4n) is 2.71. The number of halogens is 2. The molecule has 0 radical (unpaired) electrons. The highest BCUT2D eigenvalue weighted by Crippen LogP contribution is 2.25. The summed E-state index contributed by atoms with van der Waals surface area (Å²) in [6.45, 7) is 1.59. The van der Waals surface area contributed by atoms with Crippen molar-refractivity contribution in [3.63, 3.8) is 0 Å². The summed E-state index contributed by atoms with van der Waals surface area (Å²) in [4.78, 5) is 6.33. The lowest BCUT2D eigenvalue weighted by molar-refractivity contribution is 0.224. The number of fused-ring (bicyclic) bond motifs is 1. The van der Waals surface area contributed by atoms with Crippen LogP contribution in [0.3, 0.4) is 0 Å². The van der Waals surface area contributed by atoms with E-state index in [-0.39, 0.29) is 5.82 Å². The molecule has 1 N–H and O–H groups in total. The average molecular weight is 350 g/mol. The number of hydrogen-bond acceptors (Lipinski definition) is 3. The van der Waals surface area contributed by atoms with Gasteiger partial charge in [0.15, 0.2) is 11.6 Å². The lowest BCUT2D eigenvalue weighted by Crippen LogP contribution is -2.42. The van der Waals surface area contributed by atoms with Gasteiger partial charge in [0.05, 0.1) is 0 Å². The molecule has 3 rings (SSSR count). The minimum Gasteiger partial charge on any atom is -0.366 e. The summed E-state index contributed by atoms with van der Waals surface area (Å²) >= 11 is 3.51. The van der Waals surface area contributed by atoms with Crippen molar-refractivity contribution in [3.8, 4) is 0 Å². The van der Waals surface area contributed by atoms with E-state index in [9.17, 15) is 4.39 Å². The molecule has 1 unspecified atom stereocenters. The highest BCUT2D eigenvalue weighted by atomic mass is 79.9. The van der Waals surface area contributed by atoms with Crippen LogP contribution >= 0.6 is 15.9 Å². The smallest absolute Gasteiger partial charge is 0.165 e. The molecule has 1 aromatic carbocycles. The molecule has 0 saturated carbocycles. The first-order valence-corrected chi connectivity index (χ1v) is 7.74. The predicted molar refractivity (Wildman–Crippen MR) is 85.8 cm³/mol. The predicted octanol–water partition coefficient (Wildman–Crippen LogP) is 3.45. The van der Waals surface area contributed by atoms with Crippen LogP contribution in [0.1, 0.15) is 11.1 Å². The molecule has 21 heavy (non-hydrogen) atoms. The number of hydrogen-bond donors (Lipinski definition) is 1. The SMILES string of the molecule is CN1Cc2cc(Br)ccc2CC1CNc1ncccc1F. The molecule has 0 bridgehead atoms. The number of aromatic nitrogens is 1. The number of nitrogens with zero attached hydrogens (tertiary/aromatic N) is 2. The third-order valence-corrected chi connectivity index (χ3v) is 4.42. The van der Waals surface area contributed by atoms with Gasteiger partial charge in [-0.15, -0.1) is 0 Å². The zero-order chi connectivity index (χ0) is 14.8. The normalized spacial score (nSPS) is 18.3. The Morgan fingerprint density at radius 3 is 3.05 bits per heavy atom. The molecule has 3 nitrogen and oxygen atoms in total. The molecule has 0 aliphatic carbocycles. The molecule has 2 heterocycles. The van der Waals surface area contributed by atoms with Gasteiger partial charge in [0.2, 0.25) is 0 Å². The van der Waals surface area contributed by atoms with Crippen molar-refractivity contribution in [2.45, 2.75) is 19.0 Å². The van der Waals surface area contributed by atoms with Crippen LogP contribution in [-0.2, 0) is 13.0 Å². The molecule has 110 valence electrons. The number of pyridine rings is 1. The second-order valence-corrected chi connectivity index (χ2v) is 6.32. The number of benzene rings is 1. The molecule has 0 amide bonds. The number of anilines is 1. The molecule has 1 aromatic heterocycles. The average Bonchev–Trinajstić information content (AvgIpc) is 2.46. The van der Waals surface area contributed by atoms with Gasteiger partial charge in [-0.3, -0.25) is 4.90 Å². The minimum atomic E-state index is -0.305. The molecule has 5 heteroatoms. The van der Waals surface area contributed by atoms with Crippen LogP contribution in [0, 0.1) is 5.82 Å². The Morgan fingerprint density at radius 1 is 1.38 bits per heavy atom. The molecule has 2 aromatic rings. The fourth-order valence-corrected chi connectivity index (χ4v) is 3.12. The van der Waals surface area contributed by atoms with Crippen LogP contribution in [-0.4, -0.2) is 29.5 Å². The van der Waals surface area contributed by atoms with Crippen molar-refractivity contribution < 1.29 is 4.39 Å². The van der Waals surface area contributed by atoms with Crippen LogP contribution < -0.4 is 5.32 Å². The summed E-state index contributed by atoms with van der Waals surface area (Å²) in [5.41, 5.74) is 2.72. The van der Waals surface area contributed by atoms with Crippen LogP contribution in [0.15, 0.2) is 41.0 Å². The molecule has 0 spiro atoms. The largest absolute Gasteiger partial charge is 0.366 e. The summed E-state index contributed by atoms with van der Waals surface area (Å²) < 4.78 is 14.7. The maximum atomic E-state index is 13.6.